The fraction of sp³-hybridized carbons (Fsp3) is 0.591. The number of carbonyl (C=O) groups is 1. The minimum absolute atomic E-state index is 0.103. The Kier molecular flexibility index (Phi) is 6.51. The molecule has 1 saturated carbocycles. The standard InChI is InChI=1S/C22H30FN3OS/c23-19-4-2-1-3-18(19)21(22(27)16-5-6-16)26-12-8-20(28)17(15-26)7-11-25-13-9-24-10-14-25/h1-4,7,16,20-21,24,28H,5-6,8-15H2/b17-7+. The van der Waals surface area contributed by atoms with Crippen LogP contribution >= 0.6 is 12.6 Å². The summed E-state index contributed by atoms with van der Waals surface area (Å²) in [7, 11) is 0. The predicted molar refractivity (Wildman–Crippen MR) is 113 cm³/mol. The molecule has 6 heteroatoms. The van der Waals surface area contributed by atoms with Gasteiger partial charge in [-0.15, -0.1) is 0 Å². The van der Waals surface area contributed by atoms with Gasteiger partial charge in [-0.2, -0.15) is 12.6 Å². The van der Waals surface area contributed by atoms with Gasteiger partial charge in [0.1, 0.15) is 5.82 Å². The smallest absolute Gasteiger partial charge is 0.157 e. The first-order valence-electron chi connectivity index (χ1n) is 10.5. The van der Waals surface area contributed by atoms with Gasteiger partial charge in [-0.25, -0.2) is 4.39 Å². The van der Waals surface area contributed by atoms with Gasteiger partial charge in [0, 0.05) is 62.5 Å². The van der Waals surface area contributed by atoms with Crippen molar-refractivity contribution in [2.45, 2.75) is 30.6 Å². The quantitative estimate of drug-likeness (QED) is 0.566. The van der Waals surface area contributed by atoms with E-state index in [1.165, 1.54) is 11.6 Å². The van der Waals surface area contributed by atoms with Gasteiger partial charge in [0.05, 0.1) is 6.04 Å². The summed E-state index contributed by atoms with van der Waals surface area (Å²) in [6.07, 6.45) is 5.06. The van der Waals surface area contributed by atoms with Crippen LogP contribution in [0.5, 0.6) is 0 Å². The maximum atomic E-state index is 14.6. The second-order valence-electron chi connectivity index (χ2n) is 8.21. The van der Waals surface area contributed by atoms with Crippen molar-refractivity contribution in [1.29, 1.82) is 0 Å². The van der Waals surface area contributed by atoms with Gasteiger partial charge in [0.2, 0.25) is 0 Å². The minimum atomic E-state index is -0.475. The molecular formula is C22H30FN3OS. The lowest BCUT2D eigenvalue weighted by Gasteiger charge is -2.38. The van der Waals surface area contributed by atoms with Crippen LogP contribution in [0.25, 0.3) is 0 Å². The zero-order chi connectivity index (χ0) is 19.5. The molecular weight excluding hydrogens is 373 g/mol. The molecule has 4 nitrogen and oxygen atoms in total. The van der Waals surface area contributed by atoms with E-state index in [1.807, 2.05) is 6.07 Å². The average Bonchev–Trinajstić information content (AvgIpc) is 3.56. The highest BCUT2D eigenvalue weighted by Gasteiger charge is 2.40. The summed E-state index contributed by atoms with van der Waals surface area (Å²) < 4.78 is 14.6. The van der Waals surface area contributed by atoms with Gasteiger partial charge in [0.25, 0.3) is 0 Å². The topological polar surface area (TPSA) is 35.6 Å². The molecule has 3 fully saturated rings. The molecule has 2 heterocycles. The van der Waals surface area contributed by atoms with Crippen molar-refractivity contribution in [3.63, 3.8) is 0 Å². The first kappa shape index (κ1) is 20.1. The molecule has 1 aromatic rings. The third kappa shape index (κ3) is 4.67. The molecule has 0 amide bonds. The maximum absolute atomic E-state index is 14.6. The normalized spacial score (nSPS) is 27.1. The molecule has 0 radical (unpaired) electrons. The van der Waals surface area contributed by atoms with Crippen LogP contribution in [0.3, 0.4) is 0 Å². The molecule has 0 aromatic heterocycles. The van der Waals surface area contributed by atoms with Gasteiger partial charge in [-0.1, -0.05) is 24.3 Å². The fourth-order valence-electron chi connectivity index (χ4n) is 4.27. The molecule has 3 aliphatic rings. The number of benzene rings is 1. The predicted octanol–water partition coefficient (Wildman–Crippen LogP) is 2.68. The van der Waals surface area contributed by atoms with E-state index in [2.05, 4.69) is 21.2 Å². The Morgan fingerprint density at radius 3 is 2.68 bits per heavy atom. The molecule has 2 saturated heterocycles. The number of piperazine rings is 1. The third-order valence-corrected chi connectivity index (χ3v) is 6.73. The lowest BCUT2D eigenvalue weighted by molar-refractivity contribution is -0.126. The molecule has 0 spiro atoms. The van der Waals surface area contributed by atoms with Gasteiger partial charge < -0.3 is 5.32 Å². The average molecular weight is 404 g/mol. The molecule has 2 unspecified atom stereocenters. The van der Waals surface area contributed by atoms with E-state index in [9.17, 15) is 9.18 Å². The Labute approximate surface area is 172 Å². The van der Waals surface area contributed by atoms with Crippen LogP contribution in [-0.4, -0.2) is 66.6 Å². The van der Waals surface area contributed by atoms with E-state index < -0.39 is 6.04 Å². The molecule has 2 aliphatic heterocycles. The summed E-state index contributed by atoms with van der Waals surface area (Å²) in [5.74, 6) is 0.0108. The number of carbonyl (C=O) groups excluding carboxylic acids is 1. The van der Waals surface area contributed by atoms with Gasteiger partial charge in [0.15, 0.2) is 5.78 Å². The third-order valence-electron chi connectivity index (χ3n) is 6.14. The Hall–Kier alpha value is -1.21. The number of hydrogen-bond acceptors (Lipinski definition) is 5. The second-order valence-corrected chi connectivity index (χ2v) is 8.83. The van der Waals surface area contributed by atoms with Crippen LogP contribution in [0.2, 0.25) is 0 Å². The van der Waals surface area contributed by atoms with Crippen LogP contribution in [0.4, 0.5) is 4.39 Å². The highest BCUT2D eigenvalue weighted by Crippen LogP contribution is 2.39. The number of likely N-dealkylation sites (tertiary alicyclic amines) is 1. The van der Waals surface area contributed by atoms with E-state index >= 15 is 0 Å². The molecule has 1 aromatic carbocycles. The lowest BCUT2D eigenvalue weighted by Crippen LogP contribution is -2.44. The minimum Gasteiger partial charge on any atom is -0.314 e. The van der Waals surface area contributed by atoms with Crippen molar-refractivity contribution in [2.24, 2.45) is 5.92 Å². The van der Waals surface area contributed by atoms with Crippen molar-refractivity contribution in [1.82, 2.24) is 15.1 Å². The Morgan fingerprint density at radius 2 is 1.96 bits per heavy atom. The SMILES string of the molecule is O=C(C1CC1)C(c1ccccc1F)N1CCC(S)/C(=C/CN2CCNCC2)C1. The number of ketones is 1. The number of Topliss-reactive ketones (excluding diaryl/α,β-unsaturated/α-hetero) is 1. The Morgan fingerprint density at radius 1 is 1.21 bits per heavy atom. The van der Waals surface area contributed by atoms with Crippen LogP contribution in [0, 0.1) is 11.7 Å². The number of nitrogens with zero attached hydrogens (tertiary/aromatic N) is 2. The van der Waals surface area contributed by atoms with Crippen molar-refractivity contribution in [3.05, 3.63) is 47.3 Å². The summed E-state index contributed by atoms with van der Waals surface area (Å²) >= 11 is 4.79. The van der Waals surface area contributed by atoms with Crippen molar-refractivity contribution >= 4 is 18.4 Å². The molecule has 1 aliphatic carbocycles. The van der Waals surface area contributed by atoms with Crippen LogP contribution < -0.4 is 5.32 Å². The Balaban J connectivity index is 1.53. The van der Waals surface area contributed by atoms with Gasteiger partial charge in [-0.05, 0) is 30.9 Å². The zero-order valence-electron chi connectivity index (χ0n) is 16.3. The van der Waals surface area contributed by atoms with Gasteiger partial charge >= 0.3 is 0 Å². The van der Waals surface area contributed by atoms with Gasteiger partial charge in [-0.3, -0.25) is 14.6 Å². The van der Waals surface area contributed by atoms with E-state index in [0.717, 1.165) is 58.5 Å². The van der Waals surface area contributed by atoms with Crippen LogP contribution in [0.15, 0.2) is 35.9 Å². The molecule has 1 N–H and O–H groups in total. The largest absolute Gasteiger partial charge is 0.314 e. The van der Waals surface area contributed by atoms with Crippen molar-refractivity contribution < 1.29 is 9.18 Å². The lowest BCUT2D eigenvalue weighted by atomic mass is 9.93. The molecule has 4 rings (SSSR count). The molecule has 28 heavy (non-hydrogen) atoms. The summed E-state index contributed by atoms with van der Waals surface area (Å²) in [6.45, 7) is 6.57. The Bertz CT molecular complexity index is 730. The number of hydrogen-bond donors (Lipinski definition) is 2. The second kappa shape index (κ2) is 9.08. The van der Waals surface area contributed by atoms with E-state index in [0.29, 0.717) is 12.1 Å². The highest BCUT2D eigenvalue weighted by atomic mass is 32.1. The van der Waals surface area contributed by atoms with Crippen molar-refractivity contribution in [2.75, 3.05) is 45.8 Å². The summed E-state index contributed by atoms with van der Waals surface area (Å²) in [5, 5.41) is 3.60. The number of nitrogens with one attached hydrogen (secondary N) is 1. The zero-order valence-corrected chi connectivity index (χ0v) is 17.2. The van der Waals surface area contributed by atoms with E-state index in [4.69, 9.17) is 12.6 Å². The first-order valence-corrected chi connectivity index (χ1v) is 11.0. The summed E-state index contributed by atoms with van der Waals surface area (Å²) in [5.41, 5.74) is 1.79. The van der Waals surface area contributed by atoms with Crippen LogP contribution in [-0.2, 0) is 4.79 Å². The van der Waals surface area contributed by atoms with Crippen LogP contribution in [0.1, 0.15) is 30.9 Å². The summed E-state index contributed by atoms with van der Waals surface area (Å²) in [6, 6.07) is 6.29. The maximum Gasteiger partial charge on any atom is 0.157 e. The fourth-order valence-corrected chi connectivity index (χ4v) is 4.57. The monoisotopic (exact) mass is 403 g/mol. The van der Waals surface area contributed by atoms with E-state index in [-0.39, 0.29) is 22.8 Å². The first-order chi connectivity index (χ1) is 13.6. The molecule has 0 bridgehead atoms. The number of thiol groups is 1. The summed E-state index contributed by atoms with van der Waals surface area (Å²) in [4.78, 5) is 17.7. The number of rotatable bonds is 6. The molecule has 2 atom stereocenters. The highest BCUT2D eigenvalue weighted by molar-refractivity contribution is 7.81. The van der Waals surface area contributed by atoms with E-state index in [1.54, 1.807) is 12.1 Å². The number of halogens is 1. The number of piperidine rings is 1. The molecule has 152 valence electrons. The van der Waals surface area contributed by atoms with Crippen molar-refractivity contribution in [3.8, 4) is 0 Å².